The Morgan fingerprint density at radius 3 is 2.58 bits per heavy atom. The van der Waals surface area contributed by atoms with Gasteiger partial charge < -0.3 is 0 Å². The summed E-state index contributed by atoms with van der Waals surface area (Å²) in [6, 6.07) is 0. The van der Waals surface area contributed by atoms with E-state index in [2.05, 4.69) is 20.7 Å². The molecule has 6 nitrogen and oxygen atoms in total. The number of allylic oxidation sites excluding steroid dienone is 3. The van der Waals surface area contributed by atoms with Gasteiger partial charge in [-0.25, -0.2) is 5.06 Å². The molecule has 12 heavy (non-hydrogen) atoms. The highest BCUT2D eigenvalue weighted by Crippen LogP contribution is 2.20. The predicted octanol–water partition coefficient (Wildman–Crippen LogP) is 1.76. The van der Waals surface area contributed by atoms with E-state index in [1.807, 2.05) is 0 Å². The molecule has 0 aromatic heterocycles. The lowest BCUT2D eigenvalue weighted by molar-refractivity contribution is -0.00155. The monoisotopic (exact) mass is 163 g/mol. The standard InChI is InChI=1S/C6H5N5O/c12-11-4-2-1-3-5(11)6-7-9-10-8-6/h1-4,12H. The van der Waals surface area contributed by atoms with Crippen molar-refractivity contribution in [1.29, 1.82) is 0 Å². The van der Waals surface area contributed by atoms with Crippen LogP contribution in [0.25, 0.3) is 0 Å². The van der Waals surface area contributed by atoms with E-state index in [0.29, 0.717) is 11.5 Å². The Morgan fingerprint density at radius 1 is 1.17 bits per heavy atom. The van der Waals surface area contributed by atoms with Gasteiger partial charge >= 0.3 is 0 Å². The minimum Gasteiger partial charge on any atom is -0.284 e. The van der Waals surface area contributed by atoms with Crippen LogP contribution in [0.1, 0.15) is 0 Å². The molecule has 0 radical (unpaired) electrons. The average Bonchev–Trinajstić information content (AvgIpc) is 2.57. The Hall–Kier alpha value is -1.82. The summed E-state index contributed by atoms with van der Waals surface area (Å²) in [4.78, 5) is 0. The fourth-order valence-electron chi connectivity index (χ4n) is 0.859. The van der Waals surface area contributed by atoms with Crippen LogP contribution in [0.2, 0.25) is 0 Å². The molecule has 2 aliphatic heterocycles. The third-order valence-corrected chi connectivity index (χ3v) is 1.39. The fourth-order valence-corrected chi connectivity index (χ4v) is 0.859. The second-order valence-electron chi connectivity index (χ2n) is 2.13. The van der Waals surface area contributed by atoms with Crippen LogP contribution >= 0.6 is 0 Å². The van der Waals surface area contributed by atoms with Gasteiger partial charge in [-0.05, 0) is 22.6 Å². The second kappa shape index (κ2) is 2.67. The van der Waals surface area contributed by atoms with Crippen molar-refractivity contribution in [3.63, 3.8) is 0 Å². The maximum atomic E-state index is 9.26. The zero-order valence-corrected chi connectivity index (χ0v) is 5.99. The third-order valence-electron chi connectivity index (χ3n) is 1.39. The lowest BCUT2D eigenvalue weighted by atomic mass is 10.3. The van der Waals surface area contributed by atoms with Crippen molar-refractivity contribution in [3.8, 4) is 0 Å². The summed E-state index contributed by atoms with van der Waals surface area (Å²) in [6.07, 6.45) is 6.59. The van der Waals surface area contributed by atoms with Gasteiger partial charge in [0, 0.05) is 6.20 Å². The van der Waals surface area contributed by atoms with Crippen LogP contribution in [0.3, 0.4) is 0 Å². The van der Waals surface area contributed by atoms with Crippen LogP contribution in [-0.4, -0.2) is 10.3 Å². The summed E-state index contributed by atoms with van der Waals surface area (Å²) in [5.74, 6) is 0.304. The van der Waals surface area contributed by atoms with E-state index in [4.69, 9.17) is 0 Å². The molecule has 0 amide bonds. The first-order valence-electron chi connectivity index (χ1n) is 3.27. The first-order chi connectivity index (χ1) is 5.88. The average molecular weight is 163 g/mol. The molecule has 1 N–H and O–H groups in total. The van der Waals surface area contributed by atoms with Crippen molar-refractivity contribution in [2.24, 2.45) is 20.7 Å². The molecule has 0 saturated heterocycles. The molecule has 0 aromatic rings. The summed E-state index contributed by atoms with van der Waals surface area (Å²) >= 11 is 0. The molecule has 0 aliphatic carbocycles. The number of rotatable bonds is 0. The molecule has 0 fully saturated rings. The quantitative estimate of drug-likeness (QED) is 0.590. The summed E-state index contributed by atoms with van der Waals surface area (Å²) in [6.45, 7) is 0. The Kier molecular flexibility index (Phi) is 1.52. The number of hydrogen-bond acceptors (Lipinski definition) is 6. The van der Waals surface area contributed by atoms with Crippen LogP contribution < -0.4 is 0 Å². The lowest BCUT2D eigenvalue weighted by Crippen LogP contribution is -2.12. The Morgan fingerprint density at radius 2 is 1.92 bits per heavy atom. The van der Waals surface area contributed by atoms with Crippen molar-refractivity contribution in [2.45, 2.75) is 0 Å². The fraction of sp³-hybridized carbons (Fsp3) is 0. The second-order valence-corrected chi connectivity index (χ2v) is 2.13. The Balaban J connectivity index is 2.40. The van der Waals surface area contributed by atoms with Crippen molar-refractivity contribution in [1.82, 2.24) is 5.06 Å². The first kappa shape index (κ1) is 6.86. The summed E-state index contributed by atoms with van der Waals surface area (Å²) < 4.78 is 0. The van der Waals surface area contributed by atoms with Crippen LogP contribution in [0.5, 0.6) is 0 Å². The highest BCUT2D eigenvalue weighted by Gasteiger charge is 2.12. The SMILES string of the molecule is ON1C=CC=CC1=C1N=NN=N1. The van der Waals surface area contributed by atoms with E-state index >= 15 is 0 Å². The molecule has 0 bridgehead atoms. The summed E-state index contributed by atoms with van der Waals surface area (Å²) in [7, 11) is 0. The molecule has 2 rings (SSSR count). The van der Waals surface area contributed by atoms with E-state index in [0.717, 1.165) is 5.06 Å². The molecular weight excluding hydrogens is 158 g/mol. The van der Waals surface area contributed by atoms with E-state index in [-0.39, 0.29) is 0 Å². The molecule has 0 spiro atoms. The highest BCUT2D eigenvalue weighted by molar-refractivity contribution is 5.29. The highest BCUT2D eigenvalue weighted by atomic mass is 16.5. The van der Waals surface area contributed by atoms with Gasteiger partial charge in [-0.3, -0.25) is 5.21 Å². The van der Waals surface area contributed by atoms with E-state index in [9.17, 15) is 5.21 Å². The van der Waals surface area contributed by atoms with Gasteiger partial charge in [-0.15, -0.1) is 10.2 Å². The molecule has 2 aliphatic rings. The van der Waals surface area contributed by atoms with Crippen molar-refractivity contribution < 1.29 is 5.21 Å². The molecule has 0 saturated carbocycles. The van der Waals surface area contributed by atoms with Crippen LogP contribution in [-0.2, 0) is 0 Å². The Labute approximate surface area is 67.9 Å². The van der Waals surface area contributed by atoms with Crippen molar-refractivity contribution >= 4 is 0 Å². The lowest BCUT2D eigenvalue weighted by Gasteiger charge is -2.14. The van der Waals surface area contributed by atoms with E-state index < -0.39 is 0 Å². The minimum atomic E-state index is 0.304. The number of nitrogens with zero attached hydrogens (tertiary/aromatic N) is 5. The number of hydrogen-bond donors (Lipinski definition) is 1. The number of hydroxylamine groups is 2. The minimum absolute atomic E-state index is 0.304. The summed E-state index contributed by atoms with van der Waals surface area (Å²) in [5, 5.41) is 24.0. The van der Waals surface area contributed by atoms with Gasteiger partial charge in [0.2, 0.25) is 5.82 Å². The van der Waals surface area contributed by atoms with Gasteiger partial charge in [0.05, 0.1) is 0 Å². The molecular formula is C6H5N5O. The molecule has 0 unspecified atom stereocenters. The van der Waals surface area contributed by atoms with Gasteiger partial charge in [-0.1, -0.05) is 6.08 Å². The molecule has 0 atom stereocenters. The molecule has 6 heteroatoms. The zero-order valence-electron chi connectivity index (χ0n) is 5.99. The molecule has 60 valence electrons. The van der Waals surface area contributed by atoms with Crippen molar-refractivity contribution in [3.05, 3.63) is 35.9 Å². The van der Waals surface area contributed by atoms with Gasteiger partial charge in [0.1, 0.15) is 5.70 Å². The summed E-state index contributed by atoms with van der Waals surface area (Å²) in [5.41, 5.74) is 0.461. The maximum absolute atomic E-state index is 9.26. The van der Waals surface area contributed by atoms with Gasteiger partial charge in [0.25, 0.3) is 0 Å². The van der Waals surface area contributed by atoms with Gasteiger partial charge in [0.15, 0.2) is 0 Å². The van der Waals surface area contributed by atoms with Gasteiger partial charge in [-0.2, -0.15) is 0 Å². The third kappa shape index (κ3) is 1.04. The van der Waals surface area contributed by atoms with Crippen molar-refractivity contribution in [2.75, 3.05) is 0 Å². The topological polar surface area (TPSA) is 72.9 Å². The zero-order chi connectivity index (χ0) is 8.39. The predicted molar refractivity (Wildman–Crippen MR) is 38.6 cm³/mol. The maximum Gasteiger partial charge on any atom is 0.226 e. The molecule has 0 aromatic carbocycles. The molecule has 2 heterocycles. The Bertz CT molecular complexity index is 324. The smallest absolute Gasteiger partial charge is 0.226 e. The normalized spacial score (nSPS) is 19.9. The first-order valence-corrected chi connectivity index (χ1v) is 3.27. The van der Waals surface area contributed by atoms with Crippen LogP contribution in [0.4, 0.5) is 0 Å². The van der Waals surface area contributed by atoms with Crippen LogP contribution in [0, 0.1) is 0 Å². The largest absolute Gasteiger partial charge is 0.284 e. The van der Waals surface area contributed by atoms with Crippen LogP contribution in [0.15, 0.2) is 56.6 Å². The van der Waals surface area contributed by atoms with E-state index in [1.54, 1.807) is 18.2 Å². The van der Waals surface area contributed by atoms with E-state index in [1.165, 1.54) is 6.20 Å².